The molecule has 0 bridgehead atoms. The van der Waals surface area contributed by atoms with Crippen LogP contribution in [0, 0.1) is 0 Å². The number of aromatic nitrogens is 1. The summed E-state index contributed by atoms with van der Waals surface area (Å²) in [6.45, 7) is 5.68. The van der Waals surface area contributed by atoms with Gasteiger partial charge in [-0.15, -0.1) is 0 Å². The molecule has 2 aromatic rings. The van der Waals surface area contributed by atoms with Gasteiger partial charge in [0.2, 0.25) is 0 Å². The van der Waals surface area contributed by atoms with Crippen LogP contribution in [0.3, 0.4) is 0 Å². The van der Waals surface area contributed by atoms with Crippen molar-refractivity contribution in [2.45, 2.75) is 25.6 Å². The minimum atomic E-state index is -0.0928. The first kappa shape index (κ1) is 15.0. The molecule has 4 heteroatoms. The molecule has 1 aliphatic heterocycles. The number of pyridine rings is 1. The van der Waals surface area contributed by atoms with E-state index in [-0.39, 0.29) is 6.29 Å². The molecule has 4 nitrogen and oxygen atoms in total. The molecule has 1 aromatic carbocycles. The van der Waals surface area contributed by atoms with Crippen molar-refractivity contribution in [1.82, 2.24) is 4.98 Å². The third-order valence-corrected chi connectivity index (χ3v) is 3.64. The van der Waals surface area contributed by atoms with Gasteiger partial charge in [-0.3, -0.25) is 4.98 Å². The lowest BCUT2D eigenvalue weighted by Crippen LogP contribution is -2.23. The SMILES string of the molecule is C=C(COc1cccc2cccnc12)COC1CCCCO1. The van der Waals surface area contributed by atoms with E-state index in [1.54, 1.807) is 6.20 Å². The van der Waals surface area contributed by atoms with Crippen LogP contribution in [-0.4, -0.2) is 31.1 Å². The number of nitrogens with zero attached hydrogens (tertiary/aromatic N) is 1. The van der Waals surface area contributed by atoms with Crippen LogP contribution in [-0.2, 0) is 9.47 Å². The summed E-state index contributed by atoms with van der Waals surface area (Å²) in [6.07, 6.45) is 4.92. The Morgan fingerprint density at radius 1 is 1.23 bits per heavy atom. The van der Waals surface area contributed by atoms with Crippen LogP contribution < -0.4 is 4.74 Å². The van der Waals surface area contributed by atoms with Crippen LogP contribution in [0.4, 0.5) is 0 Å². The summed E-state index contributed by atoms with van der Waals surface area (Å²) in [4.78, 5) is 4.37. The zero-order valence-corrected chi connectivity index (χ0v) is 12.7. The van der Waals surface area contributed by atoms with Crippen molar-refractivity contribution >= 4 is 10.9 Å². The van der Waals surface area contributed by atoms with E-state index in [1.807, 2.05) is 30.3 Å². The van der Waals surface area contributed by atoms with E-state index >= 15 is 0 Å². The Morgan fingerprint density at radius 2 is 2.14 bits per heavy atom. The van der Waals surface area contributed by atoms with Crippen molar-refractivity contribution < 1.29 is 14.2 Å². The van der Waals surface area contributed by atoms with Crippen molar-refractivity contribution in [3.8, 4) is 5.75 Å². The van der Waals surface area contributed by atoms with Crippen molar-refractivity contribution in [1.29, 1.82) is 0 Å². The van der Waals surface area contributed by atoms with Crippen LogP contribution in [0.15, 0.2) is 48.7 Å². The van der Waals surface area contributed by atoms with Crippen molar-refractivity contribution in [2.75, 3.05) is 19.8 Å². The van der Waals surface area contributed by atoms with Crippen LogP contribution in [0.1, 0.15) is 19.3 Å². The number of fused-ring (bicyclic) bond motifs is 1. The molecule has 1 fully saturated rings. The van der Waals surface area contributed by atoms with E-state index in [4.69, 9.17) is 14.2 Å². The second-order valence-electron chi connectivity index (χ2n) is 5.48. The van der Waals surface area contributed by atoms with Gasteiger partial charge in [0.05, 0.1) is 6.61 Å². The molecule has 2 heterocycles. The van der Waals surface area contributed by atoms with Crippen molar-refractivity contribution in [3.63, 3.8) is 0 Å². The molecule has 3 rings (SSSR count). The molecule has 0 spiro atoms. The van der Waals surface area contributed by atoms with Crippen LogP contribution in [0.2, 0.25) is 0 Å². The lowest BCUT2D eigenvalue weighted by molar-refractivity contribution is -0.157. The summed E-state index contributed by atoms with van der Waals surface area (Å²) < 4.78 is 17.1. The molecule has 1 aliphatic rings. The Morgan fingerprint density at radius 3 is 3.00 bits per heavy atom. The summed E-state index contributed by atoms with van der Waals surface area (Å²) in [5.41, 5.74) is 1.76. The zero-order chi connectivity index (χ0) is 15.2. The molecule has 1 atom stereocenters. The third-order valence-electron chi connectivity index (χ3n) is 3.64. The normalized spacial score (nSPS) is 18.3. The summed E-state index contributed by atoms with van der Waals surface area (Å²) in [5.74, 6) is 0.771. The Kier molecular flexibility index (Phi) is 5.03. The van der Waals surface area contributed by atoms with Gasteiger partial charge in [0.25, 0.3) is 0 Å². The van der Waals surface area contributed by atoms with Crippen LogP contribution in [0.25, 0.3) is 10.9 Å². The van der Waals surface area contributed by atoms with E-state index in [0.29, 0.717) is 13.2 Å². The maximum absolute atomic E-state index is 5.84. The van der Waals surface area contributed by atoms with Gasteiger partial charge in [-0.05, 0) is 37.0 Å². The van der Waals surface area contributed by atoms with Gasteiger partial charge in [0.1, 0.15) is 17.9 Å². The van der Waals surface area contributed by atoms with Gasteiger partial charge in [0, 0.05) is 18.2 Å². The standard InChI is InChI=1S/C18H21NO3/c1-14(13-22-17-9-2-3-11-20-17)12-21-16-8-4-6-15-7-5-10-19-18(15)16/h4-8,10,17H,1-3,9,11-13H2. The average Bonchev–Trinajstić information content (AvgIpc) is 2.59. The molecule has 0 aliphatic carbocycles. The van der Waals surface area contributed by atoms with Gasteiger partial charge in [-0.25, -0.2) is 0 Å². The fourth-order valence-electron chi connectivity index (χ4n) is 2.47. The maximum Gasteiger partial charge on any atom is 0.158 e. The van der Waals surface area contributed by atoms with Crippen molar-refractivity contribution in [3.05, 3.63) is 48.7 Å². The Balaban J connectivity index is 1.51. The minimum absolute atomic E-state index is 0.0928. The van der Waals surface area contributed by atoms with Gasteiger partial charge in [-0.1, -0.05) is 24.8 Å². The highest BCUT2D eigenvalue weighted by Gasteiger charge is 2.14. The predicted octanol–water partition coefficient (Wildman–Crippen LogP) is 3.71. The number of benzene rings is 1. The number of hydrogen-bond acceptors (Lipinski definition) is 4. The van der Waals surface area contributed by atoms with E-state index in [9.17, 15) is 0 Å². The predicted molar refractivity (Wildman–Crippen MR) is 85.9 cm³/mol. The Bertz CT molecular complexity index is 630. The van der Waals surface area contributed by atoms with Gasteiger partial charge < -0.3 is 14.2 Å². The highest BCUT2D eigenvalue weighted by molar-refractivity contribution is 5.84. The molecule has 1 aromatic heterocycles. The monoisotopic (exact) mass is 299 g/mol. The van der Waals surface area contributed by atoms with Crippen LogP contribution in [0.5, 0.6) is 5.75 Å². The highest BCUT2D eigenvalue weighted by Crippen LogP contribution is 2.23. The number of para-hydroxylation sites is 1. The van der Waals surface area contributed by atoms with Crippen LogP contribution >= 0.6 is 0 Å². The molecule has 0 amide bonds. The molecule has 0 saturated carbocycles. The van der Waals surface area contributed by atoms with E-state index < -0.39 is 0 Å². The Hall–Kier alpha value is -1.91. The average molecular weight is 299 g/mol. The second-order valence-corrected chi connectivity index (χ2v) is 5.48. The molecule has 1 saturated heterocycles. The first-order chi connectivity index (χ1) is 10.8. The molecular formula is C18H21NO3. The van der Waals surface area contributed by atoms with E-state index in [2.05, 4.69) is 11.6 Å². The molecular weight excluding hydrogens is 278 g/mol. The van der Waals surface area contributed by atoms with Gasteiger partial charge >= 0.3 is 0 Å². The smallest absolute Gasteiger partial charge is 0.158 e. The minimum Gasteiger partial charge on any atom is -0.487 e. The summed E-state index contributed by atoms with van der Waals surface area (Å²) in [5, 5.41) is 1.07. The maximum atomic E-state index is 5.84. The molecule has 0 N–H and O–H groups in total. The third kappa shape index (κ3) is 3.84. The molecule has 0 radical (unpaired) electrons. The first-order valence-corrected chi connectivity index (χ1v) is 7.69. The van der Waals surface area contributed by atoms with E-state index in [1.165, 1.54) is 0 Å². The van der Waals surface area contributed by atoms with Crippen molar-refractivity contribution in [2.24, 2.45) is 0 Å². The largest absolute Gasteiger partial charge is 0.487 e. The summed E-state index contributed by atoms with van der Waals surface area (Å²) >= 11 is 0. The lowest BCUT2D eigenvalue weighted by Gasteiger charge is -2.23. The Labute approximate surface area is 130 Å². The zero-order valence-electron chi connectivity index (χ0n) is 12.7. The molecule has 116 valence electrons. The van der Waals surface area contributed by atoms with Gasteiger partial charge in [0.15, 0.2) is 6.29 Å². The number of hydrogen-bond donors (Lipinski definition) is 0. The molecule has 1 unspecified atom stereocenters. The quantitative estimate of drug-likeness (QED) is 0.762. The highest BCUT2D eigenvalue weighted by atomic mass is 16.7. The van der Waals surface area contributed by atoms with E-state index in [0.717, 1.165) is 48.1 Å². The first-order valence-electron chi connectivity index (χ1n) is 7.69. The fourth-order valence-corrected chi connectivity index (χ4v) is 2.47. The second kappa shape index (κ2) is 7.38. The summed E-state index contributed by atoms with van der Waals surface area (Å²) in [6, 6.07) is 9.85. The number of rotatable bonds is 6. The lowest BCUT2D eigenvalue weighted by atomic mass is 10.2. The fraction of sp³-hybridized carbons (Fsp3) is 0.389. The topological polar surface area (TPSA) is 40.6 Å². The summed E-state index contributed by atoms with van der Waals surface area (Å²) in [7, 11) is 0. The van der Waals surface area contributed by atoms with Gasteiger partial charge in [-0.2, -0.15) is 0 Å². The molecule has 22 heavy (non-hydrogen) atoms. The number of ether oxygens (including phenoxy) is 3.